The number of carbonyl (C=O) groups excluding carboxylic acids is 3. The predicted octanol–water partition coefficient (Wildman–Crippen LogP) is 3.32. The zero-order valence-electron chi connectivity index (χ0n) is 15.7. The molecular formula is C21H18ClN3O4S. The number of ether oxygens (including phenoxy) is 1. The first-order valence-corrected chi connectivity index (χ1v) is 10.2. The van der Waals surface area contributed by atoms with E-state index in [9.17, 15) is 14.4 Å². The predicted molar refractivity (Wildman–Crippen MR) is 115 cm³/mol. The van der Waals surface area contributed by atoms with Gasteiger partial charge in [-0.3, -0.25) is 9.59 Å². The number of pyridine rings is 1. The van der Waals surface area contributed by atoms with E-state index in [4.69, 9.17) is 16.3 Å². The number of halogens is 1. The third kappa shape index (κ3) is 6.40. The van der Waals surface area contributed by atoms with Crippen molar-refractivity contribution >= 4 is 46.5 Å². The second-order valence-corrected chi connectivity index (χ2v) is 7.59. The first kappa shape index (κ1) is 21.5. The fourth-order valence-electron chi connectivity index (χ4n) is 2.55. The smallest absolute Gasteiger partial charge is 0.329 e. The van der Waals surface area contributed by atoms with E-state index >= 15 is 0 Å². The number of carbonyl (C=O) groups is 3. The van der Waals surface area contributed by atoms with Gasteiger partial charge in [0.25, 0.3) is 11.8 Å². The van der Waals surface area contributed by atoms with Crippen LogP contribution in [0.15, 0.2) is 66.2 Å². The third-order valence-corrected chi connectivity index (χ3v) is 5.05. The lowest BCUT2D eigenvalue weighted by Crippen LogP contribution is -2.43. The molecule has 7 nitrogen and oxygen atoms in total. The molecule has 0 radical (unpaired) electrons. The lowest BCUT2D eigenvalue weighted by atomic mass is 10.1. The van der Waals surface area contributed by atoms with Crippen molar-refractivity contribution in [1.82, 2.24) is 10.3 Å². The van der Waals surface area contributed by atoms with E-state index in [1.807, 2.05) is 30.3 Å². The van der Waals surface area contributed by atoms with Crippen molar-refractivity contribution in [1.29, 1.82) is 0 Å². The molecule has 0 saturated heterocycles. The molecule has 0 aliphatic carbocycles. The maximum atomic E-state index is 12.6. The quantitative estimate of drug-likeness (QED) is 0.520. The van der Waals surface area contributed by atoms with E-state index in [0.717, 1.165) is 5.56 Å². The number of rotatable bonds is 8. The van der Waals surface area contributed by atoms with Gasteiger partial charge in [0, 0.05) is 12.6 Å². The molecule has 30 heavy (non-hydrogen) atoms. The Morgan fingerprint density at radius 3 is 2.53 bits per heavy atom. The second-order valence-electron chi connectivity index (χ2n) is 6.21. The van der Waals surface area contributed by atoms with Gasteiger partial charge in [-0.15, -0.1) is 11.3 Å². The van der Waals surface area contributed by atoms with Crippen LogP contribution in [0.4, 0.5) is 5.82 Å². The van der Waals surface area contributed by atoms with Crippen molar-refractivity contribution in [3.05, 3.63) is 81.6 Å². The number of benzene rings is 1. The average molecular weight is 444 g/mol. The maximum absolute atomic E-state index is 12.6. The number of nitrogens with one attached hydrogen (secondary N) is 2. The van der Waals surface area contributed by atoms with Crippen LogP contribution >= 0.6 is 22.9 Å². The molecule has 154 valence electrons. The van der Waals surface area contributed by atoms with Gasteiger partial charge in [-0.25, -0.2) is 9.78 Å². The van der Waals surface area contributed by atoms with E-state index in [0.29, 0.717) is 9.90 Å². The van der Waals surface area contributed by atoms with Crippen LogP contribution in [0.2, 0.25) is 5.02 Å². The van der Waals surface area contributed by atoms with Gasteiger partial charge in [-0.1, -0.05) is 48.0 Å². The van der Waals surface area contributed by atoms with E-state index in [1.165, 1.54) is 23.6 Å². The molecule has 9 heteroatoms. The van der Waals surface area contributed by atoms with Gasteiger partial charge >= 0.3 is 5.97 Å². The Morgan fingerprint density at radius 2 is 1.87 bits per heavy atom. The maximum Gasteiger partial charge on any atom is 0.329 e. The zero-order valence-corrected chi connectivity index (χ0v) is 17.3. The lowest BCUT2D eigenvalue weighted by Gasteiger charge is -2.17. The minimum atomic E-state index is -0.941. The summed E-state index contributed by atoms with van der Waals surface area (Å²) in [7, 11) is 0. The van der Waals surface area contributed by atoms with Crippen molar-refractivity contribution < 1.29 is 19.1 Å². The highest BCUT2D eigenvalue weighted by atomic mass is 35.5. The van der Waals surface area contributed by atoms with Gasteiger partial charge < -0.3 is 15.4 Å². The Balaban J connectivity index is 1.61. The Labute approximate surface area is 182 Å². The molecule has 0 aliphatic rings. The van der Waals surface area contributed by atoms with Crippen LogP contribution < -0.4 is 10.6 Å². The van der Waals surface area contributed by atoms with E-state index in [1.54, 1.807) is 23.6 Å². The molecular weight excluding hydrogens is 426 g/mol. The summed E-state index contributed by atoms with van der Waals surface area (Å²) in [5.41, 5.74) is 0.848. The van der Waals surface area contributed by atoms with Crippen molar-refractivity contribution in [2.45, 2.75) is 12.5 Å². The number of esters is 1. The van der Waals surface area contributed by atoms with E-state index in [2.05, 4.69) is 15.6 Å². The summed E-state index contributed by atoms with van der Waals surface area (Å²) in [5.74, 6) is -1.35. The van der Waals surface area contributed by atoms with Crippen molar-refractivity contribution in [2.24, 2.45) is 0 Å². The van der Waals surface area contributed by atoms with E-state index in [-0.39, 0.29) is 18.1 Å². The van der Waals surface area contributed by atoms with Crippen molar-refractivity contribution in [3.8, 4) is 0 Å². The number of amides is 2. The van der Waals surface area contributed by atoms with Gasteiger partial charge in [0.1, 0.15) is 11.9 Å². The Kier molecular flexibility index (Phi) is 7.53. The van der Waals surface area contributed by atoms with Crippen LogP contribution in [0, 0.1) is 0 Å². The summed E-state index contributed by atoms with van der Waals surface area (Å²) in [4.78, 5) is 41.5. The molecule has 1 atom stereocenters. The van der Waals surface area contributed by atoms with E-state index < -0.39 is 24.5 Å². The topological polar surface area (TPSA) is 97.4 Å². The molecule has 2 amide bonds. The largest absolute Gasteiger partial charge is 0.454 e. The molecule has 0 saturated carbocycles. The van der Waals surface area contributed by atoms with Gasteiger partial charge in [0.05, 0.1) is 9.90 Å². The van der Waals surface area contributed by atoms with Gasteiger partial charge in [0.2, 0.25) is 0 Å². The highest BCUT2D eigenvalue weighted by molar-refractivity contribution is 7.12. The SMILES string of the molecule is O=C(COC(=O)C(Cc1ccccc1)NC(=O)c1cccs1)Nc1ccc(Cl)cn1. The highest BCUT2D eigenvalue weighted by Gasteiger charge is 2.24. The van der Waals surface area contributed by atoms with Crippen LogP contribution in [0.5, 0.6) is 0 Å². The summed E-state index contributed by atoms with van der Waals surface area (Å²) < 4.78 is 5.14. The molecule has 2 heterocycles. The average Bonchev–Trinajstić information content (AvgIpc) is 3.29. The second kappa shape index (κ2) is 10.5. The van der Waals surface area contributed by atoms with Gasteiger partial charge in [-0.2, -0.15) is 0 Å². The molecule has 3 aromatic rings. The molecule has 0 aliphatic heterocycles. The number of anilines is 1. The molecule has 0 bridgehead atoms. The van der Waals surface area contributed by atoms with Crippen molar-refractivity contribution in [3.63, 3.8) is 0 Å². The number of thiophene rings is 1. The first-order chi connectivity index (χ1) is 14.5. The fraction of sp³-hybridized carbons (Fsp3) is 0.143. The Morgan fingerprint density at radius 1 is 1.07 bits per heavy atom. The van der Waals surface area contributed by atoms with Crippen molar-refractivity contribution in [2.75, 3.05) is 11.9 Å². The molecule has 2 aromatic heterocycles. The summed E-state index contributed by atoms with van der Waals surface area (Å²) in [5, 5.41) is 7.40. The normalized spacial score (nSPS) is 11.4. The molecule has 2 N–H and O–H groups in total. The molecule has 0 fully saturated rings. The third-order valence-electron chi connectivity index (χ3n) is 3.96. The molecule has 1 aromatic carbocycles. The minimum Gasteiger partial charge on any atom is -0.454 e. The lowest BCUT2D eigenvalue weighted by molar-refractivity contribution is -0.149. The van der Waals surface area contributed by atoms with Crippen LogP contribution in [-0.4, -0.2) is 35.4 Å². The fourth-order valence-corrected chi connectivity index (χ4v) is 3.28. The Hall–Kier alpha value is -3.23. The van der Waals surface area contributed by atoms with Gasteiger partial charge in [0.15, 0.2) is 6.61 Å². The number of hydrogen-bond acceptors (Lipinski definition) is 6. The monoisotopic (exact) mass is 443 g/mol. The molecule has 0 spiro atoms. The van der Waals surface area contributed by atoms with Gasteiger partial charge in [-0.05, 0) is 29.1 Å². The molecule has 1 unspecified atom stereocenters. The Bertz CT molecular complexity index is 995. The zero-order chi connectivity index (χ0) is 21.3. The van der Waals surface area contributed by atoms with Crippen LogP contribution in [0.1, 0.15) is 15.2 Å². The number of aromatic nitrogens is 1. The first-order valence-electron chi connectivity index (χ1n) is 8.97. The highest BCUT2D eigenvalue weighted by Crippen LogP contribution is 2.11. The summed E-state index contributed by atoms with van der Waals surface area (Å²) in [6, 6.07) is 14.8. The minimum absolute atomic E-state index is 0.233. The van der Waals surface area contributed by atoms with Crippen LogP contribution in [0.3, 0.4) is 0 Å². The summed E-state index contributed by atoms with van der Waals surface area (Å²) in [6.45, 7) is -0.511. The summed E-state index contributed by atoms with van der Waals surface area (Å²) >= 11 is 7.02. The standard InChI is InChI=1S/C21H18ClN3O4S/c22-15-8-9-18(23-12-15)25-19(26)13-29-21(28)16(11-14-5-2-1-3-6-14)24-20(27)17-7-4-10-30-17/h1-10,12,16H,11,13H2,(H,24,27)(H,23,25,26). The van der Waals surface area contributed by atoms with Crippen LogP contribution in [0.25, 0.3) is 0 Å². The molecule has 3 rings (SSSR count). The summed E-state index contributed by atoms with van der Waals surface area (Å²) in [6.07, 6.45) is 1.62. The van der Waals surface area contributed by atoms with Crippen LogP contribution in [-0.2, 0) is 20.7 Å². The number of hydrogen-bond donors (Lipinski definition) is 2. The number of nitrogens with zero attached hydrogens (tertiary/aromatic N) is 1.